The van der Waals surface area contributed by atoms with Crippen LogP contribution in [-0.4, -0.2) is 36.2 Å². The van der Waals surface area contributed by atoms with E-state index in [1.54, 1.807) is 0 Å². The quantitative estimate of drug-likeness (QED) is 0.783. The molecule has 0 aromatic heterocycles. The molecule has 1 aromatic rings. The van der Waals surface area contributed by atoms with Gasteiger partial charge in [0.15, 0.2) is 17.9 Å². The maximum absolute atomic E-state index is 12.4. The Kier molecular flexibility index (Phi) is 5.27. The number of ketones is 1. The summed E-state index contributed by atoms with van der Waals surface area (Å²) >= 11 is 6.18. The molecule has 1 aromatic carbocycles. The average Bonchev–Trinajstić information content (AvgIpc) is 2.99. The van der Waals surface area contributed by atoms with Crippen molar-refractivity contribution in [3.05, 3.63) is 34.9 Å². The van der Waals surface area contributed by atoms with Crippen LogP contribution < -0.4 is 0 Å². The third-order valence-electron chi connectivity index (χ3n) is 4.19. The summed E-state index contributed by atoms with van der Waals surface area (Å²) in [7, 11) is 0. The van der Waals surface area contributed by atoms with Gasteiger partial charge in [-0.15, -0.1) is 0 Å². The fraction of sp³-hybridized carbons (Fsp3) is 0.611. The Morgan fingerprint density at radius 3 is 2.75 bits per heavy atom. The topological polar surface area (TPSA) is 54.0 Å². The van der Waals surface area contributed by atoms with Gasteiger partial charge in [0, 0.05) is 11.4 Å². The predicted molar refractivity (Wildman–Crippen MR) is 88.6 cm³/mol. The Labute approximate surface area is 147 Å². The molecule has 0 saturated carbocycles. The molecular formula is C18H23ClO5. The van der Waals surface area contributed by atoms with Gasteiger partial charge in [-0.05, 0) is 31.9 Å². The minimum absolute atomic E-state index is 0.0149. The first-order valence-corrected chi connectivity index (χ1v) is 8.68. The molecule has 2 fully saturated rings. The Bertz CT molecular complexity index is 603. The summed E-state index contributed by atoms with van der Waals surface area (Å²) in [5, 5.41) is 0.633. The van der Waals surface area contributed by atoms with E-state index in [0.29, 0.717) is 11.4 Å². The van der Waals surface area contributed by atoms with Gasteiger partial charge in [0.25, 0.3) is 0 Å². The number of rotatable bonds is 6. The molecule has 0 amide bonds. The summed E-state index contributed by atoms with van der Waals surface area (Å²) in [6, 6.07) is 7.47. The van der Waals surface area contributed by atoms with Gasteiger partial charge >= 0.3 is 0 Å². The van der Waals surface area contributed by atoms with Crippen LogP contribution in [0.5, 0.6) is 0 Å². The zero-order chi connectivity index (χ0) is 17.3. The molecule has 0 radical (unpaired) electrons. The molecule has 3 rings (SSSR count). The highest BCUT2D eigenvalue weighted by atomic mass is 35.5. The van der Waals surface area contributed by atoms with Crippen molar-refractivity contribution in [1.82, 2.24) is 0 Å². The second kappa shape index (κ2) is 7.10. The number of benzene rings is 1. The molecule has 0 bridgehead atoms. The second-order valence-corrected chi connectivity index (χ2v) is 7.02. The SMILES string of the molecule is CCCC(=O)[C@H]1O[C@@H]2OC(C)(C)O[C@@H]2[C@H]1OCc1ccccc1Cl. The molecule has 0 N–H and O–H groups in total. The number of Topliss-reactive ketones (excluding diaryl/α,β-unsaturated/α-hetero) is 1. The Balaban J connectivity index is 1.74. The molecule has 24 heavy (non-hydrogen) atoms. The summed E-state index contributed by atoms with van der Waals surface area (Å²) in [4.78, 5) is 12.4. The molecule has 6 heteroatoms. The van der Waals surface area contributed by atoms with Crippen molar-refractivity contribution in [2.75, 3.05) is 0 Å². The van der Waals surface area contributed by atoms with E-state index in [4.69, 9.17) is 30.5 Å². The van der Waals surface area contributed by atoms with Crippen molar-refractivity contribution in [3.8, 4) is 0 Å². The first-order chi connectivity index (χ1) is 11.4. The van der Waals surface area contributed by atoms with E-state index in [2.05, 4.69) is 0 Å². The van der Waals surface area contributed by atoms with Gasteiger partial charge in [-0.3, -0.25) is 4.79 Å². The molecule has 4 atom stereocenters. The molecular weight excluding hydrogens is 332 g/mol. The lowest BCUT2D eigenvalue weighted by molar-refractivity contribution is -0.218. The van der Waals surface area contributed by atoms with E-state index >= 15 is 0 Å². The van der Waals surface area contributed by atoms with E-state index in [9.17, 15) is 4.79 Å². The Morgan fingerprint density at radius 1 is 1.29 bits per heavy atom. The number of fused-ring (bicyclic) bond motifs is 1. The molecule has 2 saturated heterocycles. The van der Waals surface area contributed by atoms with Crippen LogP contribution in [0.1, 0.15) is 39.2 Å². The smallest absolute Gasteiger partial charge is 0.190 e. The summed E-state index contributed by atoms with van der Waals surface area (Å²) in [6.45, 7) is 5.89. The van der Waals surface area contributed by atoms with Crippen LogP contribution in [0.4, 0.5) is 0 Å². The van der Waals surface area contributed by atoms with Crippen LogP contribution >= 0.6 is 11.6 Å². The molecule has 132 valence electrons. The molecule has 0 spiro atoms. The van der Waals surface area contributed by atoms with E-state index < -0.39 is 30.4 Å². The number of carbonyl (C=O) groups is 1. The van der Waals surface area contributed by atoms with E-state index in [-0.39, 0.29) is 12.4 Å². The van der Waals surface area contributed by atoms with Crippen molar-refractivity contribution < 1.29 is 23.7 Å². The normalized spacial score (nSPS) is 31.2. The first-order valence-electron chi connectivity index (χ1n) is 8.30. The van der Waals surface area contributed by atoms with Crippen LogP contribution in [0.2, 0.25) is 5.02 Å². The summed E-state index contributed by atoms with van der Waals surface area (Å²) < 4.78 is 23.5. The third-order valence-corrected chi connectivity index (χ3v) is 4.56. The number of halogens is 1. The average molecular weight is 355 g/mol. The van der Waals surface area contributed by atoms with E-state index in [1.807, 2.05) is 45.0 Å². The summed E-state index contributed by atoms with van der Waals surface area (Å²) in [6.07, 6.45) is -0.973. The lowest BCUT2D eigenvalue weighted by Crippen LogP contribution is -2.40. The van der Waals surface area contributed by atoms with Crippen molar-refractivity contribution >= 4 is 17.4 Å². The van der Waals surface area contributed by atoms with Crippen molar-refractivity contribution in [2.24, 2.45) is 0 Å². The zero-order valence-electron chi connectivity index (χ0n) is 14.2. The maximum atomic E-state index is 12.4. The number of hydrogen-bond acceptors (Lipinski definition) is 5. The van der Waals surface area contributed by atoms with Gasteiger partial charge in [0.05, 0.1) is 6.61 Å². The zero-order valence-corrected chi connectivity index (χ0v) is 14.9. The standard InChI is InChI=1S/C18H23ClO5/c1-4-7-13(20)14-15(16-17(22-14)24-18(2,3)23-16)21-10-11-8-5-6-9-12(11)19/h5-6,8-9,14-17H,4,7,10H2,1-3H3/t14-,15+,16-,17-/m1/s1. The number of carbonyl (C=O) groups excluding carboxylic acids is 1. The Hall–Kier alpha value is -0.980. The lowest BCUT2D eigenvalue weighted by Gasteiger charge is -2.25. The molecule has 2 aliphatic rings. The molecule has 0 aliphatic carbocycles. The highest BCUT2D eigenvalue weighted by Gasteiger charge is 2.57. The minimum atomic E-state index is -0.750. The lowest BCUT2D eigenvalue weighted by atomic mass is 10.0. The fourth-order valence-electron chi connectivity index (χ4n) is 3.11. The van der Waals surface area contributed by atoms with Gasteiger partial charge < -0.3 is 18.9 Å². The third kappa shape index (κ3) is 3.65. The van der Waals surface area contributed by atoms with Gasteiger partial charge in [-0.25, -0.2) is 0 Å². The van der Waals surface area contributed by atoms with Crippen molar-refractivity contribution in [3.63, 3.8) is 0 Å². The fourth-order valence-corrected chi connectivity index (χ4v) is 3.30. The van der Waals surface area contributed by atoms with E-state index in [1.165, 1.54) is 0 Å². The van der Waals surface area contributed by atoms with Crippen molar-refractivity contribution in [1.29, 1.82) is 0 Å². The number of hydrogen-bond donors (Lipinski definition) is 0. The Morgan fingerprint density at radius 2 is 2.04 bits per heavy atom. The van der Waals surface area contributed by atoms with Crippen LogP contribution in [0.25, 0.3) is 0 Å². The largest absolute Gasteiger partial charge is 0.367 e. The van der Waals surface area contributed by atoms with Gasteiger partial charge in [-0.1, -0.05) is 36.7 Å². The molecule has 2 heterocycles. The van der Waals surface area contributed by atoms with Crippen molar-refractivity contribution in [2.45, 2.75) is 70.6 Å². The highest BCUT2D eigenvalue weighted by molar-refractivity contribution is 6.31. The van der Waals surface area contributed by atoms with Gasteiger partial charge in [-0.2, -0.15) is 0 Å². The van der Waals surface area contributed by atoms with Crippen LogP contribution in [0.15, 0.2) is 24.3 Å². The van der Waals surface area contributed by atoms with E-state index in [0.717, 1.165) is 12.0 Å². The molecule has 5 nitrogen and oxygen atoms in total. The predicted octanol–water partition coefficient (Wildman–Crippen LogP) is 3.47. The minimum Gasteiger partial charge on any atom is -0.367 e. The van der Waals surface area contributed by atoms with Crippen LogP contribution in [0.3, 0.4) is 0 Å². The van der Waals surface area contributed by atoms with Crippen LogP contribution in [0, 0.1) is 0 Å². The van der Waals surface area contributed by atoms with Crippen LogP contribution in [-0.2, 0) is 30.3 Å². The van der Waals surface area contributed by atoms with Gasteiger partial charge in [0.1, 0.15) is 18.3 Å². The second-order valence-electron chi connectivity index (χ2n) is 6.61. The summed E-state index contributed by atoms with van der Waals surface area (Å²) in [5.74, 6) is -0.735. The molecule has 2 aliphatic heterocycles. The first kappa shape index (κ1) is 17.8. The maximum Gasteiger partial charge on any atom is 0.190 e. The number of ether oxygens (including phenoxy) is 4. The highest BCUT2D eigenvalue weighted by Crippen LogP contribution is 2.39. The molecule has 0 unspecified atom stereocenters. The van der Waals surface area contributed by atoms with Gasteiger partial charge in [0.2, 0.25) is 0 Å². The monoisotopic (exact) mass is 354 g/mol. The summed E-state index contributed by atoms with van der Waals surface area (Å²) in [5.41, 5.74) is 0.863.